The van der Waals surface area contributed by atoms with E-state index < -0.39 is 0 Å². The third kappa shape index (κ3) is 3.20. The number of hydrogen-bond acceptors (Lipinski definition) is 4. The minimum Gasteiger partial charge on any atom is -0.459 e. The van der Waals surface area contributed by atoms with Crippen molar-refractivity contribution >= 4 is 0 Å². The monoisotopic (exact) mass is 234 g/mol. The van der Waals surface area contributed by atoms with Crippen LogP contribution >= 0.6 is 0 Å². The lowest BCUT2D eigenvalue weighted by molar-refractivity contribution is 0.316. The van der Waals surface area contributed by atoms with Crippen LogP contribution in [0, 0.1) is 0 Å². The SMILES string of the molecule is CCCCN(C)Cc1coc(-c2ccco2)n1. The fraction of sp³-hybridized carbons (Fsp3) is 0.462. The highest BCUT2D eigenvalue weighted by molar-refractivity contribution is 5.43. The van der Waals surface area contributed by atoms with Crippen molar-refractivity contribution in [1.82, 2.24) is 9.88 Å². The number of rotatable bonds is 6. The number of hydrogen-bond donors (Lipinski definition) is 0. The lowest BCUT2D eigenvalue weighted by Crippen LogP contribution is -2.19. The molecular weight excluding hydrogens is 216 g/mol. The number of nitrogens with zero attached hydrogens (tertiary/aromatic N) is 2. The molecular formula is C13H18N2O2. The Hall–Kier alpha value is -1.55. The van der Waals surface area contributed by atoms with Crippen molar-refractivity contribution in [3.05, 3.63) is 30.4 Å². The summed E-state index contributed by atoms with van der Waals surface area (Å²) in [6.07, 6.45) is 5.73. The van der Waals surface area contributed by atoms with Gasteiger partial charge in [0.2, 0.25) is 0 Å². The van der Waals surface area contributed by atoms with Gasteiger partial charge in [-0.25, -0.2) is 4.98 Å². The van der Waals surface area contributed by atoms with E-state index >= 15 is 0 Å². The molecule has 4 heteroatoms. The van der Waals surface area contributed by atoms with Gasteiger partial charge in [-0.2, -0.15) is 0 Å². The van der Waals surface area contributed by atoms with E-state index in [-0.39, 0.29) is 0 Å². The number of oxazole rings is 1. The van der Waals surface area contributed by atoms with Gasteiger partial charge in [0.15, 0.2) is 5.76 Å². The molecule has 0 atom stereocenters. The van der Waals surface area contributed by atoms with E-state index in [2.05, 4.69) is 23.9 Å². The quantitative estimate of drug-likeness (QED) is 0.770. The molecule has 2 aromatic rings. The normalized spacial score (nSPS) is 11.2. The smallest absolute Gasteiger partial charge is 0.263 e. The molecule has 0 saturated carbocycles. The number of furan rings is 1. The van der Waals surface area contributed by atoms with E-state index in [4.69, 9.17) is 8.83 Å². The highest BCUT2D eigenvalue weighted by Crippen LogP contribution is 2.19. The Morgan fingerprint density at radius 1 is 1.35 bits per heavy atom. The van der Waals surface area contributed by atoms with Crippen LogP contribution < -0.4 is 0 Å². The molecule has 0 radical (unpaired) electrons. The Bertz CT molecular complexity index is 434. The Morgan fingerprint density at radius 3 is 2.94 bits per heavy atom. The predicted molar refractivity (Wildman–Crippen MR) is 65.4 cm³/mol. The maximum Gasteiger partial charge on any atom is 0.263 e. The van der Waals surface area contributed by atoms with Gasteiger partial charge >= 0.3 is 0 Å². The Kier molecular flexibility index (Phi) is 3.98. The second kappa shape index (κ2) is 5.68. The summed E-state index contributed by atoms with van der Waals surface area (Å²) in [6, 6.07) is 3.67. The number of unbranched alkanes of at least 4 members (excludes halogenated alkanes) is 1. The van der Waals surface area contributed by atoms with Crippen molar-refractivity contribution in [1.29, 1.82) is 0 Å². The van der Waals surface area contributed by atoms with E-state index in [1.165, 1.54) is 12.8 Å². The minimum atomic E-state index is 0.550. The fourth-order valence-corrected chi connectivity index (χ4v) is 1.68. The van der Waals surface area contributed by atoms with Crippen LogP contribution in [0.5, 0.6) is 0 Å². The maximum absolute atomic E-state index is 5.38. The highest BCUT2D eigenvalue weighted by Gasteiger charge is 2.10. The molecule has 92 valence electrons. The first-order chi connectivity index (χ1) is 8.29. The first kappa shape index (κ1) is 11.9. The van der Waals surface area contributed by atoms with Crippen LogP contribution in [0.15, 0.2) is 33.5 Å². The molecule has 17 heavy (non-hydrogen) atoms. The lowest BCUT2D eigenvalue weighted by Gasteiger charge is -2.13. The zero-order valence-corrected chi connectivity index (χ0v) is 10.3. The van der Waals surface area contributed by atoms with Crippen LogP contribution in [-0.2, 0) is 6.54 Å². The zero-order valence-electron chi connectivity index (χ0n) is 10.3. The summed E-state index contributed by atoms with van der Waals surface area (Å²) in [6.45, 7) is 4.09. The molecule has 2 aromatic heterocycles. The van der Waals surface area contributed by atoms with Gasteiger partial charge in [0, 0.05) is 6.54 Å². The molecule has 0 aliphatic rings. The van der Waals surface area contributed by atoms with Crippen LogP contribution in [0.2, 0.25) is 0 Å². The Balaban J connectivity index is 1.94. The van der Waals surface area contributed by atoms with Gasteiger partial charge in [-0.1, -0.05) is 13.3 Å². The van der Waals surface area contributed by atoms with Crippen molar-refractivity contribution in [2.45, 2.75) is 26.3 Å². The standard InChI is InChI=1S/C13H18N2O2/c1-3-4-7-15(2)9-11-10-17-13(14-11)12-6-5-8-16-12/h5-6,8,10H,3-4,7,9H2,1-2H3. The largest absolute Gasteiger partial charge is 0.459 e. The summed E-state index contributed by atoms with van der Waals surface area (Å²) in [5, 5.41) is 0. The fourth-order valence-electron chi connectivity index (χ4n) is 1.68. The third-order valence-electron chi connectivity index (χ3n) is 2.61. The van der Waals surface area contributed by atoms with Crippen LogP contribution in [0.25, 0.3) is 11.7 Å². The Labute approximate surface area is 101 Å². The van der Waals surface area contributed by atoms with Crippen molar-refractivity contribution in [3.63, 3.8) is 0 Å². The van der Waals surface area contributed by atoms with Gasteiger partial charge in [-0.05, 0) is 32.1 Å². The maximum atomic E-state index is 5.38. The average molecular weight is 234 g/mol. The summed E-state index contributed by atoms with van der Waals surface area (Å²) in [7, 11) is 2.09. The van der Waals surface area contributed by atoms with E-state index in [1.54, 1.807) is 12.5 Å². The molecule has 0 aliphatic carbocycles. The summed E-state index contributed by atoms with van der Waals surface area (Å²) in [4.78, 5) is 6.64. The van der Waals surface area contributed by atoms with Gasteiger partial charge < -0.3 is 13.7 Å². The van der Waals surface area contributed by atoms with E-state index in [0.29, 0.717) is 11.7 Å². The minimum absolute atomic E-state index is 0.550. The molecule has 0 fully saturated rings. The van der Waals surface area contributed by atoms with E-state index in [0.717, 1.165) is 18.8 Å². The van der Waals surface area contributed by atoms with Crippen molar-refractivity contribution < 1.29 is 8.83 Å². The van der Waals surface area contributed by atoms with Gasteiger partial charge in [0.05, 0.1) is 12.0 Å². The highest BCUT2D eigenvalue weighted by atomic mass is 16.4. The average Bonchev–Trinajstić information content (AvgIpc) is 2.95. The van der Waals surface area contributed by atoms with Crippen LogP contribution in [0.1, 0.15) is 25.5 Å². The lowest BCUT2D eigenvalue weighted by atomic mass is 10.3. The summed E-state index contributed by atoms with van der Waals surface area (Å²) in [5.41, 5.74) is 0.940. The second-order valence-corrected chi connectivity index (χ2v) is 4.21. The molecule has 0 amide bonds. The molecule has 2 rings (SSSR count). The van der Waals surface area contributed by atoms with Gasteiger partial charge in [0.25, 0.3) is 5.89 Å². The first-order valence-corrected chi connectivity index (χ1v) is 5.96. The second-order valence-electron chi connectivity index (χ2n) is 4.21. The molecule has 0 aromatic carbocycles. The molecule has 2 heterocycles. The van der Waals surface area contributed by atoms with Gasteiger partial charge in [0.1, 0.15) is 6.26 Å². The van der Waals surface area contributed by atoms with Crippen molar-refractivity contribution in [3.8, 4) is 11.7 Å². The van der Waals surface area contributed by atoms with Gasteiger partial charge in [-0.3, -0.25) is 0 Å². The topological polar surface area (TPSA) is 42.4 Å². The predicted octanol–water partition coefficient (Wildman–Crippen LogP) is 3.17. The van der Waals surface area contributed by atoms with Crippen molar-refractivity contribution in [2.75, 3.05) is 13.6 Å². The summed E-state index contributed by atoms with van der Waals surface area (Å²) in [5.74, 6) is 1.22. The summed E-state index contributed by atoms with van der Waals surface area (Å²) < 4.78 is 10.6. The molecule has 4 nitrogen and oxygen atoms in total. The van der Waals surface area contributed by atoms with Crippen molar-refractivity contribution in [2.24, 2.45) is 0 Å². The Morgan fingerprint density at radius 2 is 2.24 bits per heavy atom. The molecule has 0 saturated heterocycles. The molecule has 0 spiro atoms. The third-order valence-corrected chi connectivity index (χ3v) is 2.61. The van der Waals surface area contributed by atoms with Crippen LogP contribution in [0.3, 0.4) is 0 Å². The van der Waals surface area contributed by atoms with E-state index in [1.807, 2.05) is 12.1 Å². The van der Waals surface area contributed by atoms with Crippen LogP contribution in [-0.4, -0.2) is 23.5 Å². The van der Waals surface area contributed by atoms with Crippen LogP contribution in [0.4, 0.5) is 0 Å². The number of aromatic nitrogens is 1. The first-order valence-electron chi connectivity index (χ1n) is 5.96. The molecule has 0 bridgehead atoms. The van der Waals surface area contributed by atoms with E-state index in [9.17, 15) is 0 Å². The molecule has 0 N–H and O–H groups in total. The molecule has 0 unspecified atom stereocenters. The molecule has 0 aliphatic heterocycles. The summed E-state index contributed by atoms with van der Waals surface area (Å²) >= 11 is 0. The van der Waals surface area contributed by atoms with Gasteiger partial charge in [-0.15, -0.1) is 0 Å². The zero-order chi connectivity index (χ0) is 12.1.